The summed E-state index contributed by atoms with van der Waals surface area (Å²) in [6, 6.07) is 3.43. The number of nitrogens with zero attached hydrogens (tertiary/aromatic N) is 3. The average Bonchev–Trinajstić information content (AvgIpc) is 3.34. The topological polar surface area (TPSA) is 182 Å². The van der Waals surface area contributed by atoms with Crippen LogP contribution in [-0.2, 0) is 19.6 Å². The van der Waals surface area contributed by atoms with Crippen molar-refractivity contribution < 1.29 is 55.6 Å². The van der Waals surface area contributed by atoms with Crippen LogP contribution in [0.1, 0.15) is 47.6 Å². The van der Waals surface area contributed by atoms with E-state index in [2.05, 4.69) is 20.5 Å². The van der Waals surface area contributed by atoms with Crippen molar-refractivity contribution in [2.45, 2.75) is 76.0 Å². The molecule has 0 fully saturated rings. The van der Waals surface area contributed by atoms with Crippen molar-refractivity contribution in [2.24, 2.45) is 0 Å². The number of alkyl halides is 3. The van der Waals surface area contributed by atoms with E-state index in [0.29, 0.717) is 13.8 Å². The van der Waals surface area contributed by atoms with E-state index in [-0.39, 0.29) is 53.6 Å². The number of rotatable bonds is 11. The zero-order valence-electron chi connectivity index (χ0n) is 24.9. The first-order valence-corrected chi connectivity index (χ1v) is 14.8. The van der Waals surface area contributed by atoms with Gasteiger partial charge in [0, 0.05) is 17.9 Å². The Morgan fingerprint density at radius 1 is 1.20 bits per heavy atom. The number of aliphatic hydroxyl groups is 2. The number of aliphatic hydroxyl groups excluding tert-OH is 1. The molecule has 2 amide bonds. The van der Waals surface area contributed by atoms with Crippen molar-refractivity contribution in [3.63, 3.8) is 0 Å². The summed E-state index contributed by atoms with van der Waals surface area (Å²) in [6.07, 6.45) is -6.03. The van der Waals surface area contributed by atoms with Crippen molar-refractivity contribution in [3.05, 3.63) is 24.4 Å². The maximum atomic E-state index is 14.2. The molecule has 44 heavy (non-hydrogen) atoms. The number of nitrogens with one attached hydrogen (secondary N) is 2. The Hall–Kier alpha value is -3.77. The predicted molar refractivity (Wildman–Crippen MR) is 150 cm³/mol. The van der Waals surface area contributed by atoms with E-state index in [1.54, 1.807) is 13.8 Å². The van der Waals surface area contributed by atoms with Gasteiger partial charge in [-0.15, -0.1) is 5.10 Å². The van der Waals surface area contributed by atoms with Crippen molar-refractivity contribution in [3.8, 4) is 11.6 Å². The molecule has 1 aromatic carbocycles. The lowest BCUT2D eigenvalue weighted by molar-refractivity contribution is -0.242. The number of aromatic nitrogens is 2. The van der Waals surface area contributed by atoms with E-state index in [0.717, 1.165) is 4.31 Å². The number of hydrogen-bond donors (Lipinski definition) is 4. The van der Waals surface area contributed by atoms with Crippen LogP contribution in [0.4, 0.5) is 29.3 Å². The molecular formula is C26H36F3N5O9S. The van der Waals surface area contributed by atoms with Gasteiger partial charge in [-0.1, -0.05) is 0 Å². The minimum absolute atomic E-state index is 0.00838. The maximum Gasteiger partial charge on any atom is 0.427 e. The van der Waals surface area contributed by atoms with Crippen LogP contribution < -0.4 is 24.4 Å². The lowest BCUT2D eigenvalue weighted by Gasteiger charge is -2.36. The highest BCUT2D eigenvalue weighted by Gasteiger charge is 2.51. The quantitative estimate of drug-likeness (QED) is 0.282. The first kappa shape index (κ1) is 34.7. The zero-order valence-corrected chi connectivity index (χ0v) is 25.7. The molecule has 246 valence electrons. The van der Waals surface area contributed by atoms with E-state index in [1.807, 2.05) is 0 Å². The molecule has 18 heteroatoms. The van der Waals surface area contributed by atoms with E-state index < -0.39 is 52.1 Å². The Kier molecular flexibility index (Phi) is 10.0. The Morgan fingerprint density at radius 2 is 1.86 bits per heavy atom. The molecule has 2 aromatic rings. The van der Waals surface area contributed by atoms with Crippen LogP contribution in [0.25, 0.3) is 0 Å². The summed E-state index contributed by atoms with van der Waals surface area (Å²) in [5, 5.41) is 28.0. The number of ether oxygens (including phenoxy) is 3. The van der Waals surface area contributed by atoms with Gasteiger partial charge in [0.05, 0.1) is 25.4 Å². The summed E-state index contributed by atoms with van der Waals surface area (Å²) in [6.45, 7) is 6.11. The first-order valence-electron chi connectivity index (χ1n) is 13.4. The summed E-state index contributed by atoms with van der Waals surface area (Å²) >= 11 is 0. The third-order valence-electron chi connectivity index (χ3n) is 6.31. The van der Waals surface area contributed by atoms with Gasteiger partial charge in [0.15, 0.2) is 4.90 Å². The fourth-order valence-corrected chi connectivity index (χ4v) is 5.30. The highest BCUT2D eigenvalue weighted by Crippen LogP contribution is 2.41. The minimum atomic E-state index is -4.86. The smallest absolute Gasteiger partial charge is 0.427 e. The molecule has 0 radical (unpaired) electrons. The summed E-state index contributed by atoms with van der Waals surface area (Å²) in [5.74, 6) is -1.04. The number of carbonyl (C=O) groups excluding carboxylic acids is 2. The van der Waals surface area contributed by atoms with Gasteiger partial charge in [-0.05, 0) is 59.7 Å². The fraction of sp³-hybridized carbons (Fsp3) is 0.577. The van der Waals surface area contributed by atoms with Gasteiger partial charge in [-0.3, -0.25) is 19.1 Å². The van der Waals surface area contributed by atoms with E-state index in [1.165, 1.54) is 42.9 Å². The highest BCUT2D eigenvalue weighted by atomic mass is 32.2. The lowest BCUT2D eigenvalue weighted by Crippen LogP contribution is -2.51. The number of carbonyl (C=O) groups is 2. The fourth-order valence-electron chi connectivity index (χ4n) is 3.74. The number of anilines is 2. The zero-order chi connectivity index (χ0) is 33.3. The highest BCUT2D eigenvalue weighted by molar-refractivity contribution is 7.93. The van der Waals surface area contributed by atoms with Crippen LogP contribution >= 0.6 is 0 Å². The molecule has 1 aliphatic heterocycles. The number of halogens is 3. The standard InChI is InChI=1S/C26H36F3N5O9S/c1-15(2)33-14-20(21(32-33)41-10-9-35)44(39,40)34-13-17(12-30-22(36)24(3,4)38)42-19-8-7-16(11-18(19)34)31-23(37)43-25(5,6)26(27,28)29/h7-8,11,14-15,17,35,38H,9-10,12-13H2,1-6H3,(H,30,36)(H,31,37)/t17-/m0/s1. The molecule has 1 aliphatic rings. The summed E-state index contributed by atoms with van der Waals surface area (Å²) in [7, 11) is -4.53. The molecule has 3 rings (SSSR count). The average molecular weight is 652 g/mol. The second-order valence-corrected chi connectivity index (χ2v) is 13.0. The molecule has 4 N–H and O–H groups in total. The maximum absolute atomic E-state index is 14.2. The monoisotopic (exact) mass is 651 g/mol. The molecule has 14 nitrogen and oxygen atoms in total. The van der Waals surface area contributed by atoms with Gasteiger partial charge < -0.3 is 29.7 Å². The SMILES string of the molecule is CC(C)n1cc(S(=O)(=O)N2C[C@H](CNC(=O)C(C)(C)O)Oc3ccc(NC(=O)OC(C)(C)C(F)(F)F)cc32)c(OCCO)n1. The molecule has 0 bridgehead atoms. The molecule has 0 saturated carbocycles. The Bertz CT molecular complexity index is 1470. The third-order valence-corrected chi connectivity index (χ3v) is 8.07. The molecule has 0 aliphatic carbocycles. The molecular weight excluding hydrogens is 615 g/mol. The number of benzene rings is 1. The summed E-state index contributed by atoms with van der Waals surface area (Å²) in [5.41, 5.74) is -4.75. The summed E-state index contributed by atoms with van der Waals surface area (Å²) < 4.78 is 86.1. The number of sulfonamides is 1. The minimum Gasteiger partial charge on any atom is -0.484 e. The van der Waals surface area contributed by atoms with Crippen molar-refractivity contribution in [1.82, 2.24) is 15.1 Å². The van der Waals surface area contributed by atoms with Crippen LogP contribution in [0.2, 0.25) is 0 Å². The molecule has 0 saturated heterocycles. The summed E-state index contributed by atoms with van der Waals surface area (Å²) in [4.78, 5) is 24.2. The largest absolute Gasteiger partial charge is 0.484 e. The second-order valence-electron chi connectivity index (χ2n) is 11.2. The number of fused-ring (bicyclic) bond motifs is 1. The van der Waals surface area contributed by atoms with Crippen molar-refractivity contribution >= 4 is 33.4 Å². The van der Waals surface area contributed by atoms with Crippen molar-refractivity contribution in [2.75, 3.05) is 35.9 Å². The van der Waals surface area contributed by atoms with Crippen molar-refractivity contribution in [1.29, 1.82) is 0 Å². The van der Waals surface area contributed by atoms with Gasteiger partial charge in [0.1, 0.15) is 24.1 Å². The Morgan fingerprint density at radius 3 is 2.43 bits per heavy atom. The van der Waals surface area contributed by atoms with E-state index in [4.69, 9.17) is 9.47 Å². The van der Waals surface area contributed by atoms with Crippen LogP contribution in [-0.4, -0.2) is 90.2 Å². The molecule has 2 heterocycles. The van der Waals surface area contributed by atoms with Gasteiger partial charge in [-0.25, -0.2) is 13.2 Å². The van der Waals surface area contributed by atoms with Crippen LogP contribution in [0.5, 0.6) is 11.6 Å². The van der Waals surface area contributed by atoms with Gasteiger partial charge >= 0.3 is 12.3 Å². The number of amides is 2. The molecule has 0 spiro atoms. The molecule has 1 atom stereocenters. The molecule has 0 unspecified atom stereocenters. The second kappa shape index (κ2) is 12.7. The Labute approximate surface area is 252 Å². The number of hydrogen-bond acceptors (Lipinski definition) is 10. The Balaban J connectivity index is 2.04. The van der Waals surface area contributed by atoms with Crippen LogP contribution in [0.3, 0.4) is 0 Å². The normalized spacial score (nSPS) is 15.8. The van der Waals surface area contributed by atoms with Gasteiger partial charge in [0.2, 0.25) is 5.60 Å². The molecule has 1 aromatic heterocycles. The lowest BCUT2D eigenvalue weighted by atomic mass is 10.1. The van der Waals surface area contributed by atoms with Gasteiger partial charge in [0.25, 0.3) is 21.8 Å². The van der Waals surface area contributed by atoms with Crippen LogP contribution in [0.15, 0.2) is 29.3 Å². The van der Waals surface area contributed by atoms with Crippen LogP contribution in [0, 0.1) is 0 Å². The van der Waals surface area contributed by atoms with E-state index in [9.17, 15) is 41.4 Å². The van der Waals surface area contributed by atoms with Gasteiger partial charge in [-0.2, -0.15) is 13.2 Å². The first-order chi connectivity index (χ1) is 20.2. The van der Waals surface area contributed by atoms with E-state index >= 15 is 0 Å². The predicted octanol–water partition coefficient (Wildman–Crippen LogP) is 2.57. The third kappa shape index (κ3) is 7.84.